The molecule has 0 aliphatic heterocycles. The molecule has 0 radical (unpaired) electrons. The second kappa shape index (κ2) is 13.7. The Kier molecular flexibility index (Phi) is 7.89. The fourth-order valence-electron chi connectivity index (χ4n) is 8.84. The highest BCUT2D eigenvalue weighted by Gasteiger charge is 2.21. The third-order valence-corrected chi connectivity index (χ3v) is 11.6. The summed E-state index contributed by atoms with van der Waals surface area (Å²) in [6, 6.07) is 82.1. The fraction of sp³-hybridized carbons (Fsp3) is 0. The number of para-hydroxylation sites is 1. The predicted octanol–water partition coefficient (Wildman–Crippen LogP) is 15.9. The molecule has 0 heterocycles. The van der Waals surface area contributed by atoms with Crippen molar-refractivity contribution in [1.82, 2.24) is 0 Å². The monoisotopic (exact) mass is 723 g/mol. The molecule has 0 bridgehead atoms. The van der Waals surface area contributed by atoms with E-state index in [1.807, 2.05) is 0 Å². The summed E-state index contributed by atoms with van der Waals surface area (Å²) in [7, 11) is 0. The van der Waals surface area contributed by atoms with Crippen LogP contribution in [-0.4, -0.2) is 0 Å². The SMILES string of the molecule is c1ccc(-c2cccc(N(c3ccccc3-c3ccc(-c4ccc5ccc6c7ccccc7ccc6c5c4)cc3)c3cc4ccccc4c4ccccc34)c2)cc1. The zero-order valence-corrected chi connectivity index (χ0v) is 31.3. The first kappa shape index (κ1) is 32.9. The quantitative estimate of drug-likeness (QED) is 0.154. The van der Waals surface area contributed by atoms with E-state index in [1.54, 1.807) is 0 Å². The lowest BCUT2D eigenvalue weighted by Crippen LogP contribution is -2.12. The molecule has 0 saturated heterocycles. The van der Waals surface area contributed by atoms with Gasteiger partial charge in [0.05, 0.1) is 11.4 Å². The number of nitrogens with zero attached hydrogens (tertiary/aromatic N) is 1. The van der Waals surface area contributed by atoms with E-state index in [-0.39, 0.29) is 0 Å². The van der Waals surface area contributed by atoms with Crippen LogP contribution in [0.5, 0.6) is 0 Å². The van der Waals surface area contributed by atoms with Crippen molar-refractivity contribution in [3.05, 3.63) is 224 Å². The van der Waals surface area contributed by atoms with Gasteiger partial charge in [-0.25, -0.2) is 0 Å². The van der Waals surface area contributed by atoms with Crippen LogP contribution < -0.4 is 4.90 Å². The van der Waals surface area contributed by atoms with Crippen molar-refractivity contribution in [2.75, 3.05) is 4.90 Å². The summed E-state index contributed by atoms with van der Waals surface area (Å²) >= 11 is 0. The van der Waals surface area contributed by atoms with E-state index in [0.29, 0.717) is 0 Å². The van der Waals surface area contributed by atoms with Crippen LogP contribution in [-0.2, 0) is 0 Å². The Labute approximate surface area is 332 Å². The first-order valence-electron chi connectivity index (χ1n) is 19.7. The van der Waals surface area contributed by atoms with Crippen LogP contribution in [0.2, 0.25) is 0 Å². The van der Waals surface area contributed by atoms with Gasteiger partial charge in [0.2, 0.25) is 0 Å². The van der Waals surface area contributed by atoms with Gasteiger partial charge >= 0.3 is 0 Å². The summed E-state index contributed by atoms with van der Waals surface area (Å²) in [4.78, 5) is 2.46. The van der Waals surface area contributed by atoms with Crippen LogP contribution in [0, 0.1) is 0 Å². The Morgan fingerprint density at radius 2 is 0.737 bits per heavy atom. The lowest BCUT2D eigenvalue weighted by atomic mass is 9.93. The molecule has 0 aliphatic carbocycles. The van der Waals surface area contributed by atoms with Crippen molar-refractivity contribution in [3.8, 4) is 33.4 Å². The average molecular weight is 724 g/mol. The second-order valence-corrected chi connectivity index (χ2v) is 14.9. The summed E-state index contributed by atoms with van der Waals surface area (Å²) in [6.07, 6.45) is 0. The molecule has 1 heteroatoms. The van der Waals surface area contributed by atoms with Crippen LogP contribution in [0.4, 0.5) is 17.1 Å². The lowest BCUT2D eigenvalue weighted by Gasteiger charge is -2.30. The number of benzene rings is 11. The molecule has 0 aromatic heterocycles. The summed E-state index contributed by atoms with van der Waals surface area (Å²) in [6.45, 7) is 0. The number of fused-ring (bicyclic) bond motifs is 8. The minimum absolute atomic E-state index is 1.11. The van der Waals surface area contributed by atoms with E-state index in [4.69, 9.17) is 0 Å². The molecule has 0 N–H and O–H groups in total. The van der Waals surface area contributed by atoms with E-state index >= 15 is 0 Å². The maximum absolute atomic E-state index is 2.46. The van der Waals surface area contributed by atoms with Gasteiger partial charge in [-0.2, -0.15) is 0 Å². The van der Waals surface area contributed by atoms with Crippen molar-refractivity contribution >= 4 is 70.9 Å². The summed E-state index contributed by atoms with van der Waals surface area (Å²) in [5, 5.41) is 12.6. The molecule has 0 amide bonds. The van der Waals surface area contributed by atoms with Gasteiger partial charge in [0.15, 0.2) is 0 Å². The molecular formula is C56H37N. The van der Waals surface area contributed by atoms with E-state index in [0.717, 1.165) is 17.1 Å². The zero-order chi connectivity index (χ0) is 37.7. The Balaban J connectivity index is 1.06. The van der Waals surface area contributed by atoms with Crippen molar-refractivity contribution < 1.29 is 0 Å². The molecule has 0 saturated carbocycles. The molecule has 11 rings (SSSR count). The third kappa shape index (κ3) is 5.72. The molecule has 266 valence electrons. The Hall–Kier alpha value is -7.48. The Bertz CT molecular complexity index is 3290. The molecule has 1 nitrogen and oxygen atoms in total. The highest BCUT2D eigenvalue weighted by molar-refractivity contribution is 6.18. The topological polar surface area (TPSA) is 3.24 Å². The normalized spacial score (nSPS) is 11.5. The van der Waals surface area contributed by atoms with Crippen LogP contribution in [0.15, 0.2) is 224 Å². The minimum Gasteiger partial charge on any atom is -0.309 e. The minimum atomic E-state index is 1.11. The number of hydrogen-bond acceptors (Lipinski definition) is 1. The van der Waals surface area contributed by atoms with Gasteiger partial charge in [-0.3, -0.25) is 0 Å². The molecule has 0 spiro atoms. The van der Waals surface area contributed by atoms with Crippen LogP contribution in [0.1, 0.15) is 0 Å². The molecule has 0 aliphatic rings. The van der Waals surface area contributed by atoms with E-state index < -0.39 is 0 Å². The first-order chi connectivity index (χ1) is 28.3. The standard InChI is InChI=1S/C56H37N/c1-2-13-38(14-3-1)43-17-12-18-46(35-43)57(56-37-45-16-5-7-20-48(45)50-22-8-9-23-53(50)56)55-24-11-10-21-49(55)41-27-25-39(26-28-41)44-30-29-42-32-33-51-47-19-6-4-15-40(47)31-34-52(51)54(42)36-44/h1-37H. The molecule has 57 heavy (non-hydrogen) atoms. The maximum Gasteiger partial charge on any atom is 0.0546 e. The van der Waals surface area contributed by atoms with Gasteiger partial charge in [-0.15, -0.1) is 0 Å². The summed E-state index contributed by atoms with van der Waals surface area (Å²) < 4.78 is 0. The van der Waals surface area contributed by atoms with Crippen molar-refractivity contribution in [2.45, 2.75) is 0 Å². The smallest absolute Gasteiger partial charge is 0.0546 e. The molecule has 11 aromatic carbocycles. The Morgan fingerprint density at radius 1 is 0.228 bits per heavy atom. The third-order valence-electron chi connectivity index (χ3n) is 11.6. The second-order valence-electron chi connectivity index (χ2n) is 14.9. The molecule has 0 unspecified atom stereocenters. The number of hydrogen-bond donors (Lipinski definition) is 0. The number of anilines is 3. The van der Waals surface area contributed by atoms with Gasteiger partial charge in [-0.1, -0.05) is 194 Å². The molecular weight excluding hydrogens is 687 g/mol. The van der Waals surface area contributed by atoms with Crippen molar-refractivity contribution in [1.29, 1.82) is 0 Å². The van der Waals surface area contributed by atoms with Gasteiger partial charge < -0.3 is 4.90 Å². The maximum atomic E-state index is 2.46. The highest BCUT2D eigenvalue weighted by atomic mass is 15.1. The van der Waals surface area contributed by atoms with Crippen molar-refractivity contribution in [2.24, 2.45) is 0 Å². The average Bonchev–Trinajstić information content (AvgIpc) is 3.29. The fourth-order valence-corrected chi connectivity index (χ4v) is 8.84. The van der Waals surface area contributed by atoms with Gasteiger partial charge in [0, 0.05) is 16.6 Å². The van der Waals surface area contributed by atoms with E-state index in [2.05, 4.69) is 229 Å². The van der Waals surface area contributed by atoms with E-state index in [9.17, 15) is 0 Å². The Morgan fingerprint density at radius 3 is 1.54 bits per heavy atom. The lowest BCUT2D eigenvalue weighted by molar-refractivity contribution is 1.30. The van der Waals surface area contributed by atoms with Gasteiger partial charge in [0.1, 0.15) is 0 Å². The van der Waals surface area contributed by atoms with Crippen LogP contribution >= 0.6 is 0 Å². The molecule has 0 atom stereocenters. The molecule has 11 aromatic rings. The van der Waals surface area contributed by atoms with Crippen molar-refractivity contribution in [3.63, 3.8) is 0 Å². The number of rotatable bonds is 6. The summed E-state index contributed by atoms with van der Waals surface area (Å²) in [5.41, 5.74) is 10.5. The molecule has 0 fully saturated rings. The van der Waals surface area contributed by atoms with Gasteiger partial charge in [0.25, 0.3) is 0 Å². The van der Waals surface area contributed by atoms with Gasteiger partial charge in [-0.05, 0) is 107 Å². The highest BCUT2D eigenvalue weighted by Crippen LogP contribution is 2.46. The first-order valence-corrected chi connectivity index (χ1v) is 19.7. The van der Waals surface area contributed by atoms with E-state index in [1.165, 1.54) is 87.2 Å². The predicted molar refractivity (Wildman–Crippen MR) is 245 cm³/mol. The van der Waals surface area contributed by atoms with Crippen LogP contribution in [0.3, 0.4) is 0 Å². The van der Waals surface area contributed by atoms with Crippen LogP contribution in [0.25, 0.3) is 87.2 Å². The summed E-state index contributed by atoms with van der Waals surface area (Å²) in [5.74, 6) is 0. The largest absolute Gasteiger partial charge is 0.309 e. The zero-order valence-electron chi connectivity index (χ0n) is 31.3.